The van der Waals surface area contributed by atoms with E-state index in [0.29, 0.717) is 47.3 Å². The van der Waals surface area contributed by atoms with Crippen molar-refractivity contribution in [3.05, 3.63) is 59.2 Å². The van der Waals surface area contributed by atoms with E-state index in [9.17, 15) is 9.59 Å². The molecule has 0 unspecified atom stereocenters. The predicted molar refractivity (Wildman–Crippen MR) is 174 cm³/mol. The van der Waals surface area contributed by atoms with Crippen molar-refractivity contribution in [3.63, 3.8) is 0 Å². The first-order chi connectivity index (χ1) is 21.9. The molecule has 0 spiro atoms. The first kappa shape index (κ1) is 30.1. The van der Waals surface area contributed by atoms with E-state index >= 15 is 0 Å². The van der Waals surface area contributed by atoms with Gasteiger partial charge in [-0.25, -0.2) is 19.3 Å². The lowest BCUT2D eigenvalue weighted by Crippen LogP contribution is -2.44. The van der Waals surface area contributed by atoms with E-state index in [1.165, 1.54) is 0 Å². The van der Waals surface area contributed by atoms with Crippen LogP contribution in [0.2, 0.25) is 0 Å². The van der Waals surface area contributed by atoms with E-state index in [-0.39, 0.29) is 18.1 Å². The van der Waals surface area contributed by atoms with Gasteiger partial charge in [-0.3, -0.25) is 9.59 Å². The van der Waals surface area contributed by atoms with Crippen molar-refractivity contribution in [2.45, 2.75) is 33.2 Å². The fourth-order valence-electron chi connectivity index (χ4n) is 5.71. The molecule has 3 aromatic heterocycles. The number of methoxy groups -OCH3 is 1. The zero-order valence-corrected chi connectivity index (χ0v) is 26.2. The summed E-state index contributed by atoms with van der Waals surface area (Å²) in [5.41, 5.74) is 3.13. The smallest absolute Gasteiger partial charge is 0.278 e. The van der Waals surface area contributed by atoms with E-state index in [2.05, 4.69) is 32.1 Å². The number of carbonyl (C=O) groups excluding carboxylic acids is 1. The number of pyridine rings is 1. The summed E-state index contributed by atoms with van der Waals surface area (Å²) in [6.45, 7) is 8.59. The zero-order valence-electron chi connectivity index (χ0n) is 26.2. The maximum Gasteiger partial charge on any atom is 0.278 e. The minimum atomic E-state index is -0.227. The number of aromatic nitrogens is 5. The van der Waals surface area contributed by atoms with E-state index in [0.717, 1.165) is 56.1 Å². The average molecular weight is 614 g/mol. The molecule has 2 aliphatic heterocycles. The molecule has 1 fully saturated rings. The third-order valence-corrected chi connectivity index (χ3v) is 8.07. The number of piperazine rings is 1. The van der Waals surface area contributed by atoms with E-state index in [1.54, 1.807) is 33.8 Å². The molecule has 1 N–H and O–H groups in total. The van der Waals surface area contributed by atoms with Crippen LogP contribution in [0.1, 0.15) is 26.7 Å². The highest BCUT2D eigenvalue weighted by Crippen LogP contribution is 2.34. The average Bonchev–Trinajstić information content (AvgIpc) is 3.33. The molecule has 6 rings (SSSR count). The maximum absolute atomic E-state index is 13.7. The summed E-state index contributed by atoms with van der Waals surface area (Å²) in [6, 6.07) is 7.73. The van der Waals surface area contributed by atoms with Crippen LogP contribution in [0, 0.1) is 0 Å². The van der Waals surface area contributed by atoms with Gasteiger partial charge in [0.2, 0.25) is 11.8 Å². The molecule has 1 saturated heterocycles. The maximum atomic E-state index is 13.7. The molecule has 4 aromatic rings. The Balaban J connectivity index is 1.42. The zero-order chi connectivity index (χ0) is 31.5. The molecule has 236 valence electrons. The van der Waals surface area contributed by atoms with Crippen LogP contribution in [0.25, 0.3) is 16.7 Å². The van der Waals surface area contributed by atoms with Crippen LogP contribution in [0.3, 0.4) is 0 Å². The number of anilines is 4. The standard InChI is InChI=1S/C32H39N9O4/c1-5-7-8-12-40-31(43)24-20-34-32(35-22-9-10-27(44-4)25(17-22)38-15-13-37(3)14-16-38)36-29(24)41(40)23-18-26-30(33-19-23)45-21-28(42)39(26)11-6-2/h7-10,17-20H,5-6,11-16,21H2,1-4H3,(H,34,35,36)/b8-7-. The van der Waals surface area contributed by atoms with Crippen molar-refractivity contribution >= 4 is 40.0 Å². The van der Waals surface area contributed by atoms with Crippen LogP contribution in [0.4, 0.5) is 23.0 Å². The van der Waals surface area contributed by atoms with E-state index in [1.807, 2.05) is 50.3 Å². The van der Waals surface area contributed by atoms with Gasteiger partial charge in [0.25, 0.3) is 11.5 Å². The second-order valence-electron chi connectivity index (χ2n) is 11.2. The Morgan fingerprint density at radius 1 is 1.02 bits per heavy atom. The molecule has 13 heteroatoms. The number of nitrogens with zero attached hydrogens (tertiary/aromatic N) is 8. The number of allylic oxidation sites excluding steroid dienone is 2. The Morgan fingerprint density at radius 2 is 1.84 bits per heavy atom. The number of ether oxygens (including phenoxy) is 2. The number of carbonyl (C=O) groups is 1. The molecule has 0 radical (unpaired) electrons. The van der Waals surface area contributed by atoms with Crippen LogP contribution in [0.5, 0.6) is 11.6 Å². The number of hydrogen-bond acceptors (Lipinski definition) is 10. The fourth-order valence-corrected chi connectivity index (χ4v) is 5.71. The summed E-state index contributed by atoms with van der Waals surface area (Å²) in [5.74, 6) is 1.39. The van der Waals surface area contributed by atoms with Gasteiger partial charge in [0.15, 0.2) is 12.3 Å². The molecule has 45 heavy (non-hydrogen) atoms. The quantitative estimate of drug-likeness (QED) is 0.266. The molecule has 1 amide bonds. The van der Waals surface area contributed by atoms with Crippen LogP contribution >= 0.6 is 0 Å². The Morgan fingerprint density at radius 3 is 2.60 bits per heavy atom. The molecule has 2 aliphatic rings. The lowest BCUT2D eigenvalue weighted by Gasteiger charge is -2.34. The molecule has 5 heterocycles. The molecular weight excluding hydrogens is 574 g/mol. The Bertz CT molecular complexity index is 1790. The van der Waals surface area contributed by atoms with Gasteiger partial charge >= 0.3 is 0 Å². The molecular formula is C32H39N9O4. The summed E-state index contributed by atoms with van der Waals surface area (Å²) < 4.78 is 14.6. The van der Waals surface area contributed by atoms with Crippen molar-refractivity contribution in [1.29, 1.82) is 0 Å². The van der Waals surface area contributed by atoms with Crippen molar-refractivity contribution in [2.24, 2.45) is 0 Å². The van der Waals surface area contributed by atoms with Crippen LogP contribution in [0.15, 0.2) is 53.6 Å². The minimum absolute atomic E-state index is 0.0531. The van der Waals surface area contributed by atoms with Gasteiger partial charge < -0.3 is 29.5 Å². The fraction of sp³-hybridized carbons (Fsp3) is 0.406. The normalized spacial score (nSPS) is 15.5. The molecule has 0 bridgehead atoms. The van der Waals surface area contributed by atoms with E-state index in [4.69, 9.17) is 14.5 Å². The monoisotopic (exact) mass is 613 g/mol. The number of amides is 1. The Hall–Kier alpha value is -4.91. The summed E-state index contributed by atoms with van der Waals surface area (Å²) in [7, 11) is 3.81. The van der Waals surface area contributed by atoms with Gasteiger partial charge in [0, 0.05) is 44.6 Å². The predicted octanol–water partition coefficient (Wildman–Crippen LogP) is 3.58. The minimum Gasteiger partial charge on any atom is -0.495 e. The number of nitrogens with one attached hydrogen (secondary N) is 1. The highest BCUT2D eigenvalue weighted by atomic mass is 16.5. The molecule has 13 nitrogen and oxygen atoms in total. The topological polar surface area (TPSA) is 123 Å². The van der Waals surface area contributed by atoms with Crippen LogP contribution in [-0.2, 0) is 11.3 Å². The van der Waals surface area contributed by atoms with Gasteiger partial charge in [-0.1, -0.05) is 26.0 Å². The molecule has 1 aromatic carbocycles. The van der Waals surface area contributed by atoms with Crippen molar-refractivity contribution < 1.29 is 14.3 Å². The SMILES string of the molecule is CC/C=C\Cn1c(=O)c2cnc(Nc3ccc(OC)c(N4CCN(C)CC4)c3)nc2n1-c1cnc2c(c1)N(CCC)C(=O)CO2. The van der Waals surface area contributed by atoms with Crippen molar-refractivity contribution in [1.82, 2.24) is 29.2 Å². The highest BCUT2D eigenvalue weighted by molar-refractivity contribution is 5.97. The number of benzene rings is 1. The first-order valence-corrected chi connectivity index (χ1v) is 15.4. The lowest BCUT2D eigenvalue weighted by molar-refractivity contribution is -0.121. The van der Waals surface area contributed by atoms with Crippen LogP contribution in [-0.4, -0.2) is 88.6 Å². The van der Waals surface area contributed by atoms with Gasteiger partial charge in [0.1, 0.15) is 16.8 Å². The molecule has 0 atom stereocenters. The van der Waals surface area contributed by atoms with Gasteiger partial charge in [-0.15, -0.1) is 0 Å². The van der Waals surface area contributed by atoms with Gasteiger partial charge in [0.05, 0.1) is 31.2 Å². The third-order valence-electron chi connectivity index (χ3n) is 8.07. The summed E-state index contributed by atoms with van der Waals surface area (Å²) in [6.07, 6.45) is 8.76. The number of fused-ring (bicyclic) bond motifs is 2. The van der Waals surface area contributed by atoms with Gasteiger partial charge in [-0.2, -0.15) is 4.98 Å². The number of likely N-dealkylation sites (N-methyl/N-ethyl adjacent to an activating group) is 1. The summed E-state index contributed by atoms with van der Waals surface area (Å²) >= 11 is 0. The summed E-state index contributed by atoms with van der Waals surface area (Å²) in [5, 5.41) is 3.70. The van der Waals surface area contributed by atoms with Gasteiger partial charge in [-0.05, 0) is 44.2 Å². The van der Waals surface area contributed by atoms with Crippen LogP contribution < -0.4 is 30.1 Å². The molecule has 0 aliphatic carbocycles. The Kier molecular flexibility index (Phi) is 8.69. The number of hydrogen-bond donors (Lipinski definition) is 1. The molecule has 0 saturated carbocycles. The second-order valence-corrected chi connectivity index (χ2v) is 11.2. The lowest BCUT2D eigenvalue weighted by atomic mass is 10.2. The number of rotatable bonds is 10. The van der Waals surface area contributed by atoms with Crippen molar-refractivity contribution in [3.8, 4) is 17.3 Å². The second kappa shape index (κ2) is 13.0. The Labute approximate surface area is 261 Å². The van der Waals surface area contributed by atoms with Crippen molar-refractivity contribution in [2.75, 3.05) is 68.6 Å². The first-order valence-electron chi connectivity index (χ1n) is 15.4. The largest absolute Gasteiger partial charge is 0.495 e. The summed E-state index contributed by atoms with van der Waals surface area (Å²) in [4.78, 5) is 46.6. The highest BCUT2D eigenvalue weighted by Gasteiger charge is 2.28. The third kappa shape index (κ3) is 5.95. The van der Waals surface area contributed by atoms with E-state index < -0.39 is 0 Å².